The summed E-state index contributed by atoms with van der Waals surface area (Å²) in [5, 5.41) is 0. The molecule has 528 valence electrons. The average molecular weight is 1380 g/mol. The maximum absolute atomic E-state index is 12.1. The quantitative estimate of drug-likeness (QED) is 0.0556. The molecule has 96 heavy (non-hydrogen) atoms. The SMILES string of the molecule is CO[C@]1(C)O[C@@H]2[C@@H](O[C@@]1(C)OC)[C@H](OCc1ccccc1)O[C@@H]1COS(=O)(=O)O[C@@H]21.CO[C@]1(C)O[C@H]2[C@H](OCc3ccccc3)O[C@@H]3COS(=O)(=O)C[C@@H]3[C@@H]2O[C@@]1(C)OC.COc1ccc(COC[C@H]2CC[C@@H](OCc3ccc(OC)cc3)[C@@H]2OCc2ccc(OC)cc2)cc1. The van der Waals surface area contributed by atoms with Crippen LogP contribution < -0.4 is 14.2 Å². The Labute approximate surface area is 562 Å². The summed E-state index contributed by atoms with van der Waals surface area (Å²) in [7, 11) is 3.04. The van der Waals surface area contributed by atoms with E-state index in [1.54, 1.807) is 49.0 Å². The van der Waals surface area contributed by atoms with Crippen molar-refractivity contribution in [2.24, 2.45) is 11.8 Å². The third-order valence-corrected chi connectivity index (χ3v) is 20.8. The minimum absolute atomic E-state index is 0.0138. The van der Waals surface area contributed by atoms with E-state index in [0.29, 0.717) is 33.0 Å². The summed E-state index contributed by atoms with van der Waals surface area (Å²) >= 11 is 0. The van der Waals surface area contributed by atoms with Crippen LogP contribution in [-0.4, -0.2) is 183 Å². The van der Waals surface area contributed by atoms with Crippen LogP contribution in [0.1, 0.15) is 68.4 Å². The van der Waals surface area contributed by atoms with Crippen LogP contribution in [0.4, 0.5) is 0 Å². The van der Waals surface area contributed by atoms with Crippen LogP contribution in [0.3, 0.4) is 0 Å². The molecule has 6 aliphatic heterocycles. The molecule has 5 aromatic carbocycles. The zero-order chi connectivity index (χ0) is 68.3. The molecule has 0 amide bonds. The average Bonchev–Trinajstić information content (AvgIpc) is 0.804. The van der Waals surface area contributed by atoms with Gasteiger partial charge in [-0.1, -0.05) is 97.1 Å². The number of hydrogen-bond acceptors (Lipinski definition) is 25. The molecule has 0 N–H and O–H groups in total. The van der Waals surface area contributed by atoms with Crippen molar-refractivity contribution >= 4 is 20.5 Å². The molecule has 7 aliphatic rings. The van der Waals surface area contributed by atoms with Crippen molar-refractivity contribution in [1.82, 2.24) is 0 Å². The highest BCUT2D eigenvalue weighted by Crippen LogP contribution is 2.48. The second-order valence-corrected chi connectivity index (χ2v) is 27.5. The Hall–Kier alpha value is -5.32. The zero-order valence-electron chi connectivity index (χ0n) is 56.0. The molecular formula is C69H90O25S2. The van der Waals surface area contributed by atoms with E-state index in [4.69, 9.17) is 97.8 Å². The van der Waals surface area contributed by atoms with Gasteiger partial charge in [-0.15, -0.1) is 0 Å². The lowest BCUT2D eigenvalue weighted by atomic mass is 9.88. The van der Waals surface area contributed by atoms with Crippen molar-refractivity contribution in [3.8, 4) is 17.2 Å². The van der Waals surface area contributed by atoms with Crippen molar-refractivity contribution in [1.29, 1.82) is 0 Å². The highest BCUT2D eigenvalue weighted by Gasteiger charge is 2.66. The fourth-order valence-electron chi connectivity index (χ4n) is 12.4. The minimum Gasteiger partial charge on any atom is -0.497 e. The van der Waals surface area contributed by atoms with E-state index < -0.39 is 105 Å². The van der Waals surface area contributed by atoms with Crippen molar-refractivity contribution in [3.63, 3.8) is 0 Å². The summed E-state index contributed by atoms with van der Waals surface area (Å²) in [6.45, 7) is 9.16. The maximum Gasteiger partial charge on any atom is 0.400 e. The van der Waals surface area contributed by atoms with Gasteiger partial charge in [0.05, 0.1) is 104 Å². The number of fused-ring (bicyclic) bond motifs is 6. The topological polar surface area (TPSA) is 262 Å². The van der Waals surface area contributed by atoms with Crippen LogP contribution in [0.5, 0.6) is 17.2 Å². The summed E-state index contributed by atoms with van der Waals surface area (Å²) in [5.74, 6) is -3.15. The van der Waals surface area contributed by atoms with E-state index in [0.717, 1.165) is 57.9 Å². The van der Waals surface area contributed by atoms with Crippen LogP contribution in [-0.2, 0) is 137 Å². The highest BCUT2D eigenvalue weighted by molar-refractivity contribution is 7.86. The lowest BCUT2D eigenvalue weighted by Gasteiger charge is -2.57. The van der Waals surface area contributed by atoms with Gasteiger partial charge >= 0.3 is 10.4 Å². The van der Waals surface area contributed by atoms with Gasteiger partial charge in [0, 0.05) is 40.3 Å². The Kier molecular flexibility index (Phi) is 24.7. The van der Waals surface area contributed by atoms with Crippen molar-refractivity contribution in [3.05, 3.63) is 161 Å². The van der Waals surface area contributed by atoms with Crippen molar-refractivity contribution in [2.45, 2.75) is 164 Å². The Bertz CT molecular complexity index is 3310. The largest absolute Gasteiger partial charge is 0.497 e. The molecule has 12 rings (SSSR count). The molecular weight excluding hydrogens is 1290 g/mol. The summed E-state index contributed by atoms with van der Waals surface area (Å²) in [5.41, 5.74) is 5.25. The predicted molar refractivity (Wildman–Crippen MR) is 342 cm³/mol. The van der Waals surface area contributed by atoms with Gasteiger partial charge in [-0.2, -0.15) is 16.8 Å². The molecule has 25 nitrogen and oxygen atoms in total. The third-order valence-electron chi connectivity index (χ3n) is 18.6. The molecule has 1 saturated carbocycles. The van der Waals surface area contributed by atoms with Crippen LogP contribution >= 0.6 is 0 Å². The smallest absolute Gasteiger partial charge is 0.400 e. The molecule has 0 bridgehead atoms. The van der Waals surface area contributed by atoms with E-state index >= 15 is 0 Å². The molecule has 7 fully saturated rings. The highest BCUT2D eigenvalue weighted by atomic mass is 32.3. The second-order valence-electron chi connectivity index (χ2n) is 24.6. The monoisotopic (exact) mass is 1380 g/mol. The van der Waals surface area contributed by atoms with Gasteiger partial charge in [-0.25, -0.2) is 8.37 Å². The number of rotatable bonds is 23. The zero-order valence-corrected chi connectivity index (χ0v) is 57.6. The number of benzene rings is 5. The number of hydrogen-bond donors (Lipinski definition) is 0. The van der Waals surface area contributed by atoms with Crippen LogP contribution in [0.25, 0.3) is 0 Å². The molecule has 5 aromatic rings. The third kappa shape index (κ3) is 17.4. The standard InChI is InChI=1S/C30H36O6.C20H28O9S.C19H26O10S/c1-31-26-11-4-22(5-12-26)18-34-21-25-10-17-29(35-19-23-6-13-27(32-2)14-7-23)30(25)36-20-24-8-15-28(33-3)16-9-24;1-19(23-3)20(2,24-4)29-17-16(28-19)14-12-30(21,22)26-11-15(14)27-18(17)25-10-13-8-6-5-7-9-13;1-18(22-3)19(2,23-4)28-16-15(27-18)14-13(11-25-30(20,21)29-14)26-17(16)24-10-12-8-6-5-7-9-12/h4-9,11-16,25,29-30H,10,17-21H2,1-3H3;5-9,14-18H,10-12H2,1-4H3;5-9,13-17H,10-11H2,1-4H3/t25-,29-,30-;14-,15+,16-,17+,18+,19+,20+;13-,14-,15+,16-,17-,18-,19-/m101/s1. The molecule has 0 radical (unpaired) electrons. The van der Waals surface area contributed by atoms with E-state index in [9.17, 15) is 16.8 Å². The first kappa shape index (κ1) is 73.4. The molecule has 6 heterocycles. The normalized spacial score (nSPS) is 34.0. The summed E-state index contributed by atoms with van der Waals surface area (Å²) in [4.78, 5) is 0. The number of ether oxygens (including phenoxy) is 18. The van der Waals surface area contributed by atoms with Gasteiger partial charge < -0.3 is 85.3 Å². The fourth-order valence-corrected chi connectivity index (χ4v) is 14.6. The summed E-state index contributed by atoms with van der Waals surface area (Å²) in [6, 6.07) is 43.2. The van der Waals surface area contributed by atoms with Crippen LogP contribution in [0.15, 0.2) is 133 Å². The predicted octanol–water partition coefficient (Wildman–Crippen LogP) is 8.32. The summed E-state index contributed by atoms with van der Waals surface area (Å²) in [6.07, 6.45) is -5.15. The second kappa shape index (κ2) is 32.3. The first-order valence-corrected chi connectivity index (χ1v) is 34.7. The molecule has 0 unspecified atom stereocenters. The number of methoxy groups -OCH3 is 7. The van der Waals surface area contributed by atoms with Crippen LogP contribution in [0, 0.1) is 11.8 Å². The van der Waals surface area contributed by atoms with Crippen LogP contribution in [0.2, 0.25) is 0 Å². The first-order valence-electron chi connectivity index (χ1n) is 31.8. The first-order chi connectivity index (χ1) is 46.1. The van der Waals surface area contributed by atoms with Gasteiger partial charge in [0.1, 0.15) is 47.8 Å². The van der Waals surface area contributed by atoms with Gasteiger partial charge in [0.25, 0.3) is 10.1 Å². The molecule has 0 spiro atoms. The van der Waals surface area contributed by atoms with Gasteiger partial charge in [-0.05, 0) is 105 Å². The molecule has 6 saturated heterocycles. The molecule has 1 aliphatic carbocycles. The van der Waals surface area contributed by atoms with E-state index in [-0.39, 0.29) is 43.7 Å². The Morgan fingerprint density at radius 1 is 0.427 bits per heavy atom. The van der Waals surface area contributed by atoms with E-state index in [1.807, 2.05) is 133 Å². The van der Waals surface area contributed by atoms with Crippen molar-refractivity contribution < 1.29 is 115 Å². The summed E-state index contributed by atoms with van der Waals surface area (Å²) < 4.78 is 169. The van der Waals surface area contributed by atoms with Gasteiger partial charge in [-0.3, -0.25) is 4.18 Å². The molecule has 27 heteroatoms. The van der Waals surface area contributed by atoms with Gasteiger partial charge in [0.15, 0.2) is 12.6 Å². The maximum atomic E-state index is 12.1. The Morgan fingerprint density at radius 3 is 1.31 bits per heavy atom. The minimum atomic E-state index is -4.18. The molecule has 17 atom stereocenters. The van der Waals surface area contributed by atoms with E-state index in [1.165, 1.54) is 28.4 Å². The fraction of sp³-hybridized carbons (Fsp3) is 0.565. The van der Waals surface area contributed by atoms with E-state index in [2.05, 4.69) is 0 Å². The molecule has 0 aromatic heterocycles. The van der Waals surface area contributed by atoms with Gasteiger partial charge in [0.2, 0.25) is 23.1 Å². The lowest BCUT2D eigenvalue weighted by molar-refractivity contribution is -0.484. The van der Waals surface area contributed by atoms with Crippen molar-refractivity contribution in [2.75, 3.05) is 75.3 Å². The lowest BCUT2D eigenvalue weighted by Crippen LogP contribution is -2.74. The Morgan fingerprint density at radius 2 is 0.833 bits per heavy atom. The Balaban J connectivity index is 0.000000157.